The molecule has 1 aliphatic carbocycles. The van der Waals surface area contributed by atoms with E-state index >= 15 is 0 Å². The molecule has 0 atom stereocenters. The lowest BCUT2D eigenvalue weighted by molar-refractivity contribution is -0.115. The second kappa shape index (κ2) is 9.93. The predicted molar refractivity (Wildman–Crippen MR) is 116 cm³/mol. The third-order valence-electron chi connectivity index (χ3n) is 4.67. The van der Waals surface area contributed by atoms with Crippen LogP contribution >= 0.6 is 23.1 Å². The first-order chi connectivity index (χ1) is 14.0. The predicted octanol–water partition coefficient (Wildman–Crippen LogP) is 4.42. The largest absolute Gasteiger partial charge is 0.450 e. The molecule has 6 nitrogen and oxygen atoms in total. The minimum absolute atomic E-state index is 0.180. The smallest absolute Gasteiger partial charge is 0.414 e. The number of aryl methyl sites for hydroxylation is 1. The number of amides is 3. The van der Waals surface area contributed by atoms with Crippen molar-refractivity contribution < 1.29 is 19.1 Å². The van der Waals surface area contributed by atoms with E-state index in [9.17, 15) is 14.4 Å². The fraction of sp³-hybridized carbons (Fsp3) is 0.381. The van der Waals surface area contributed by atoms with Crippen molar-refractivity contribution in [3.05, 3.63) is 45.8 Å². The van der Waals surface area contributed by atoms with Crippen molar-refractivity contribution in [2.45, 2.75) is 43.9 Å². The van der Waals surface area contributed by atoms with E-state index in [-0.39, 0.29) is 18.9 Å². The van der Waals surface area contributed by atoms with Crippen LogP contribution in [-0.2, 0) is 28.8 Å². The van der Waals surface area contributed by atoms with E-state index in [0.29, 0.717) is 10.6 Å². The van der Waals surface area contributed by atoms with Crippen LogP contribution in [-0.4, -0.2) is 30.8 Å². The van der Waals surface area contributed by atoms with Gasteiger partial charge in [0.05, 0.1) is 18.6 Å². The number of imide groups is 1. The molecule has 0 aliphatic heterocycles. The fourth-order valence-corrected chi connectivity index (χ4v) is 5.03. The van der Waals surface area contributed by atoms with E-state index < -0.39 is 12.0 Å². The van der Waals surface area contributed by atoms with Gasteiger partial charge in [-0.15, -0.1) is 23.1 Å². The molecule has 29 heavy (non-hydrogen) atoms. The number of carbonyl (C=O) groups is 3. The molecule has 1 aromatic heterocycles. The summed E-state index contributed by atoms with van der Waals surface area (Å²) >= 11 is 3.07. The van der Waals surface area contributed by atoms with Crippen LogP contribution in [0.4, 0.5) is 9.80 Å². The Bertz CT molecular complexity index is 906. The first kappa shape index (κ1) is 21.4. The lowest BCUT2D eigenvalue weighted by Crippen LogP contribution is -2.32. The van der Waals surface area contributed by atoms with Crippen LogP contribution in [0.1, 0.15) is 46.1 Å². The molecule has 0 fully saturated rings. The van der Waals surface area contributed by atoms with Gasteiger partial charge in [-0.25, -0.2) is 4.79 Å². The van der Waals surface area contributed by atoms with E-state index in [1.165, 1.54) is 11.3 Å². The zero-order chi connectivity index (χ0) is 20.8. The molecule has 2 N–H and O–H groups in total. The Hall–Kier alpha value is -2.32. The molecule has 1 aliphatic rings. The van der Waals surface area contributed by atoms with Crippen molar-refractivity contribution in [2.75, 3.05) is 18.2 Å². The molecule has 1 heterocycles. The van der Waals surface area contributed by atoms with E-state index in [0.717, 1.165) is 46.6 Å². The molecule has 0 unspecified atom stereocenters. The molecule has 0 saturated heterocycles. The summed E-state index contributed by atoms with van der Waals surface area (Å²) in [4.78, 5) is 39.3. The van der Waals surface area contributed by atoms with Gasteiger partial charge >= 0.3 is 6.09 Å². The number of hydrogen-bond donors (Lipinski definition) is 2. The van der Waals surface area contributed by atoms with Crippen LogP contribution in [0.2, 0.25) is 0 Å². The number of rotatable bonds is 6. The maximum absolute atomic E-state index is 12.7. The summed E-state index contributed by atoms with van der Waals surface area (Å²) in [7, 11) is 0. The zero-order valence-corrected chi connectivity index (χ0v) is 18.1. The van der Waals surface area contributed by atoms with Crippen LogP contribution in [0.3, 0.4) is 0 Å². The third-order valence-corrected chi connectivity index (χ3v) is 6.62. The molecular weight excluding hydrogens is 408 g/mol. The van der Waals surface area contributed by atoms with Crippen molar-refractivity contribution >= 4 is 46.0 Å². The normalized spacial score (nSPS) is 12.8. The molecule has 154 valence electrons. The second-order valence-corrected chi connectivity index (χ2v) is 8.65. The van der Waals surface area contributed by atoms with Gasteiger partial charge < -0.3 is 10.1 Å². The average molecular weight is 433 g/mol. The molecule has 8 heteroatoms. The van der Waals surface area contributed by atoms with Gasteiger partial charge in [-0.1, -0.05) is 12.1 Å². The van der Waals surface area contributed by atoms with E-state index in [2.05, 4.69) is 10.6 Å². The van der Waals surface area contributed by atoms with Gasteiger partial charge in [-0.05, 0) is 62.1 Å². The number of ether oxygens (including phenoxy) is 1. The van der Waals surface area contributed by atoms with Crippen LogP contribution in [0, 0.1) is 0 Å². The van der Waals surface area contributed by atoms with Crippen molar-refractivity contribution in [3.8, 4) is 0 Å². The van der Waals surface area contributed by atoms with Crippen molar-refractivity contribution in [2.24, 2.45) is 0 Å². The summed E-state index contributed by atoms with van der Waals surface area (Å²) in [5.41, 5.74) is 2.23. The second-order valence-electron chi connectivity index (χ2n) is 6.66. The summed E-state index contributed by atoms with van der Waals surface area (Å²) < 4.78 is 4.82. The number of thioether (sulfide) groups is 1. The van der Waals surface area contributed by atoms with Gasteiger partial charge in [0.25, 0.3) is 5.91 Å². The van der Waals surface area contributed by atoms with Gasteiger partial charge in [-0.2, -0.15) is 0 Å². The zero-order valence-electron chi connectivity index (χ0n) is 16.5. The quantitative estimate of drug-likeness (QED) is 0.660. The van der Waals surface area contributed by atoms with Gasteiger partial charge in [0.15, 0.2) is 0 Å². The molecule has 1 aromatic carbocycles. The maximum Gasteiger partial charge on any atom is 0.414 e. The Morgan fingerprint density at radius 3 is 2.55 bits per heavy atom. The molecule has 3 amide bonds. The Morgan fingerprint density at radius 2 is 1.86 bits per heavy atom. The van der Waals surface area contributed by atoms with Crippen molar-refractivity contribution in [1.82, 2.24) is 5.32 Å². The summed E-state index contributed by atoms with van der Waals surface area (Å²) in [5, 5.41) is 5.66. The Kier molecular flexibility index (Phi) is 7.33. The molecule has 0 saturated carbocycles. The highest BCUT2D eigenvalue weighted by atomic mass is 32.2. The highest BCUT2D eigenvalue weighted by Gasteiger charge is 2.27. The number of nitrogens with one attached hydrogen (secondary N) is 2. The van der Waals surface area contributed by atoms with Crippen molar-refractivity contribution in [3.63, 3.8) is 0 Å². The highest BCUT2D eigenvalue weighted by molar-refractivity contribution is 7.98. The number of alkyl carbamates (subject to hydrolysis) is 1. The number of anilines is 1. The first-order valence-corrected chi connectivity index (χ1v) is 11.6. The molecule has 2 aromatic rings. The van der Waals surface area contributed by atoms with Crippen LogP contribution < -0.4 is 10.6 Å². The summed E-state index contributed by atoms with van der Waals surface area (Å²) in [6, 6.07) is 7.82. The van der Waals surface area contributed by atoms with Crippen LogP contribution in [0.25, 0.3) is 0 Å². The van der Waals surface area contributed by atoms with Gasteiger partial charge in [0.1, 0.15) is 5.00 Å². The molecule has 0 bridgehead atoms. The Morgan fingerprint density at radius 1 is 1.14 bits per heavy atom. The summed E-state index contributed by atoms with van der Waals surface area (Å²) in [6.07, 6.45) is 5.13. The Labute approximate surface area is 178 Å². The van der Waals surface area contributed by atoms with E-state index in [1.54, 1.807) is 18.7 Å². The van der Waals surface area contributed by atoms with Gasteiger partial charge in [-0.3, -0.25) is 14.9 Å². The standard InChI is InChI=1S/C21H24N2O4S2/c1-3-27-21(26)23-19(25)18-15-6-4-5-7-16(15)29-20(18)22-17(24)12-13-8-10-14(28-2)11-9-13/h8-11H,3-7,12H2,1-2H3,(H,22,24)(H,23,25,26). The Balaban J connectivity index is 1.78. The maximum atomic E-state index is 12.7. The lowest BCUT2D eigenvalue weighted by Gasteiger charge is -2.13. The number of benzene rings is 1. The topological polar surface area (TPSA) is 84.5 Å². The highest BCUT2D eigenvalue weighted by Crippen LogP contribution is 2.38. The summed E-state index contributed by atoms with van der Waals surface area (Å²) in [6.45, 7) is 1.85. The summed E-state index contributed by atoms with van der Waals surface area (Å²) in [5.74, 6) is -0.715. The number of hydrogen-bond acceptors (Lipinski definition) is 6. The third kappa shape index (κ3) is 5.39. The lowest BCUT2D eigenvalue weighted by atomic mass is 9.95. The number of fused-ring (bicyclic) bond motifs is 1. The molecule has 3 rings (SSSR count). The number of thiophene rings is 1. The SMILES string of the molecule is CCOC(=O)NC(=O)c1c(NC(=O)Cc2ccc(SC)cc2)sc2c1CCCC2. The first-order valence-electron chi connectivity index (χ1n) is 9.57. The van der Waals surface area contributed by atoms with E-state index in [1.807, 2.05) is 30.5 Å². The average Bonchev–Trinajstić information content (AvgIpc) is 3.06. The van der Waals surface area contributed by atoms with Crippen LogP contribution in [0.15, 0.2) is 29.2 Å². The fourth-order valence-electron chi connectivity index (χ4n) is 3.32. The van der Waals surface area contributed by atoms with E-state index in [4.69, 9.17) is 4.74 Å². The van der Waals surface area contributed by atoms with Gasteiger partial charge in [0, 0.05) is 9.77 Å². The van der Waals surface area contributed by atoms with Gasteiger partial charge in [0.2, 0.25) is 5.91 Å². The number of carbonyl (C=O) groups excluding carboxylic acids is 3. The van der Waals surface area contributed by atoms with Crippen molar-refractivity contribution in [1.29, 1.82) is 0 Å². The minimum atomic E-state index is -0.778. The molecule has 0 spiro atoms. The molecular formula is C21H24N2O4S2. The molecule has 0 radical (unpaired) electrons. The van der Waals surface area contributed by atoms with Crippen LogP contribution in [0.5, 0.6) is 0 Å². The minimum Gasteiger partial charge on any atom is -0.450 e. The monoisotopic (exact) mass is 432 g/mol.